The topological polar surface area (TPSA) is 86.3 Å². The van der Waals surface area contributed by atoms with Crippen molar-refractivity contribution in [2.24, 2.45) is 0 Å². The van der Waals surface area contributed by atoms with Crippen molar-refractivity contribution in [1.29, 1.82) is 0 Å². The molecule has 7 heteroatoms. The van der Waals surface area contributed by atoms with Crippen molar-refractivity contribution in [1.82, 2.24) is 0 Å². The smallest absolute Gasteiger partial charge is 0.226 e. The van der Waals surface area contributed by atoms with Gasteiger partial charge in [0.2, 0.25) is 12.6 Å². The van der Waals surface area contributed by atoms with E-state index in [9.17, 15) is 20.2 Å². The zero-order chi connectivity index (χ0) is 13.7. The number of benzene rings is 1. The molecule has 0 aliphatic heterocycles. The van der Waals surface area contributed by atoms with Crippen molar-refractivity contribution in [2.75, 3.05) is 6.54 Å². The van der Waals surface area contributed by atoms with Gasteiger partial charge in [-0.05, 0) is 11.6 Å². The van der Waals surface area contributed by atoms with Gasteiger partial charge in [-0.15, -0.1) is 0 Å². The van der Waals surface area contributed by atoms with Crippen molar-refractivity contribution in [2.45, 2.75) is 25.3 Å². The van der Waals surface area contributed by atoms with Crippen LogP contribution >= 0.6 is 11.6 Å². The van der Waals surface area contributed by atoms with E-state index in [2.05, 4.69) is 0 Å². The van der Waals surface area contributed by atoms with E-state index >= 15 is 0 Å². The summed E-state index contributed by atoms with van der Waals surface area (Å²) in [5.74, 6) is -0.811. The summed E-state index contributed by atoms with van der Waals surface area (Å²) < 4.78 is 0. The number of nitro groups is 2. The van der Waals surface area contributed by atoms with Crippen molar-refractivity contribution in [3.63, 3.8) is 0 Å². The van der Waals surface area contributed by atoms with E-state index in [0.29, 0.717) is 10.6 Å². The van der Waals surface area contributed by atoms with E-state index in [1.165, 1.54) is 0 Å². The average molecular weight is 273 g/mol. The third kappa shape index (κ3) is 3.40. The predicted molar refractivity (Wildman–Crippen MR) is 67.1 cm³/mol. The molecule has 1 rings (SSSR count). The molecule has 98 valence electrons. The van der Waals surface area contributed by atoms with Gasteiger partial charge in [0.25, 0.3) is 0 Å². The van der Waals surface area contributed by atoms with Crippen LogP contribution in [0.5, 0.6) is 0 Å². The molecular formula is C11H13ClN2O4. The lowest BCUT2D eigenvalue weighted by Gasteiger charge is -2.17. The van der Waals surface area contributed by atoms with Gasteiger partial charge in [-0.25, -0.2) is 0 Å². The molecule has 0 amide bonds. The summed E-state index contributed by atoms with van der Waals surface area (Å²) in [5.41, 5.74) is 0.458. The van der Waals surface area contributed by atoms with Crippen LogP contribution < -0.4 is 0 Å². The van der Waals surface area contributed by atoms with E-state index in [-0.39, 0.29) is 6.42 Å². The molecule has 1 aromatic rings. The van der Waals surface area contributed by atoms with Gasteiger partial charge in [-0.2, -0.15) is 0 Å². The number of nitrogens with zero attached hydrogens (tertiary/aromatic N) is 2. The van der Waals surface area contributed by atoms with Crippen LogP contribution in [0, 0.1) is 20.2 Å². The van der Waals surface area contributed by atoms with Gasteiger partial charge in [0.15, 0.2) is 0 Å². The fraction of sp³-hybridized carbons (Fsp3) is 0.455. The first-order chi connectivity index (χ1) is 8.47. The Balaban J connectivity index is 3.16. The maximum Gasteiger partial charge on any atom is 0.226 e. The lowest BCUT2D eigenvalue weighted by Crippen LogP contribution is -2.31. The first-order valence-electron chi connectivity index (χ1n) is 5.47. The number of hydrogen-bond donors (Lipinski definition) is 0. The van der Waals surface area contributed by atoms with Crippen LogP contribution in [0.2, 0.25) is 5.02 Å². The summed E-state index contributed by atoms with van der Waals surface area (Å²) in [6, 6.07) is 5.53. The van der Waals surface area contributed by atoms with E-state index in [1.807, 2.05) is 0 Å². The van der Waals surface area contributed by atoms with Gasteiger partial charge < -0.3 is 0 Å². The van der Waals surface area contributed by atoms with Crippen molar-refractivity contribution in [3.8, 4) is 0 Å². The summed E-state index contributed by atoms with van der Waals surface area (Å²) in [7, 11) is 0. The van der Waals surface area contributed by atoms with Crippen LogP contribution in [-0.4, -0.2) is 22.4 Å². The fourth-order valence-electron chi connectivity index (χ4n) is 1.94. The summed E-state index contributed by atoms with van der Waals surface area (Å²) in [5, 5.41) is 22.0. The van der Waals surface area contributed by atoms with Gasteiger partial charge in [0.1, 0.15) is 5.92 Å². The molecule has 2 atom stereocenters. The van der Waals surface area contributed by atoms with E-state index in [1.54, 1.807) is 31.2 Å². The Morgan fingerprint density at radius 1 is 1.28 bits per heavy atom. The molecule has 0 spiro atoms. The monoisotopic (exact) mass is 272 g/mol. The summed E-state index contributed by atoms with van der Waals surface area (Å²) in [6.45, 7) is 1.14. The Hall–Kier alpha value is -1.69. The normalized spacial score (nSPS) is 13.9. The summed E-state index contributed by atoms with van der Waals surface area (Å²) in [6.07, 6.45) is 0.219. The minimum Gasteiger partial charge on any atom is -0.265 e. The van der Waals surface area contributed by atoms with Crippen molar-refractivity contribution < 1.29 is 9.85 Å². The first kappa shape index (κ1) is 14.4. The van der Waals surface area contributed by atoms with E-state index in [4.69, 9.17) is 11.6 Å². The minimum absolute atomic E-state index is 0.219. The van der Waals surface area contributed by atoms with Gasteiger partial charge in [0.05, 0.1) is 0 Å². The molecule has 0 fully saturated rings. The number of halogens is 1. The van der Waals surface area contributed by atoms with Crippen molar-refractivity contribution in [3.05, 3.63) is 55.1 Å². The molecule has 0 heterocycles. The van der Waals surface area contributed by atoms with Crippen LogP contribution in [0.4, 0.5) is 0 Å². The molecule has 6 nitrogen and oxygen atoms in total. The van der Waals surface area contributed by atoms with Crippen LogP contribution in [0.3, 0.4) is 0 Å². The van der Waals surface area contributed by atoms with Gasteiger partial charge >= 0.3 is 0 Å². The summed E-state index contributed by atoms with van der Waals surface area (Å²) in [4.78, 5) is 20.6. The molecule has 0 aromatic heterocycles. The van der Waals surface area contributed by atoms with Crippen molar-refractivity contribution >= 4 is 11.6 Å². The highest BCUT2D eigenvalue weighted by molar-refractivity contribution is 6.31. The number of rotatable bonds is 6. The lowest BCUT2D eigenvalue weighted by atomic mass is 9.90. The first-order valence-corrected chi connectivity index (χ1v) is 5.84. The molecule has 0 aliphatic rings. The summed E-state index contributed by atoms with van der Waals surface area (Å²) >= 11 is 5.96. The van der Waals surface area contributed by atoms with Crippen LogP contribution in [0.15, 0.2) is 24.3 Å². The number of hydrogen-bond acceptors (Lipinski definition) is 4. The maximum absolute atomic E-state index is 11.0. The molecule has 18 heavy (non-hydrogen) atoms. The maximum atomic E-state index is 11.0. The third-order valence-electron chi connectivity index (χ3n) is 2.80. The standard InChI is InChI=1S/C11H13ClN2O4/c1-2-11(14(17)18)9(7-13(15)16)8-5-3-4-6-10(8)12/h3-6,9,11H,2,7H2,1H3/t9-,11+/m0/s1. The van der Waals surface area contributed by atoms with Gasteiger partial charge in [-0.1, -0.05) is 36.7 Å². The highest BCUT2D eigenvalue weighted by atomic mass is 35.5. The third-order valence-corrected chi connectivity index (χ3v) is 3.15. The SMILES string of the molecule is CC[C@H]([C@@H](C[N+](=O)[O-])c1ccccc1Cl)[N+](=O)[O-]. The molecule has 0 bridgehead atoms. The zero-order valence-electron chi connectivity index (χ0n) is 9.78. The molecule has 0 saturated heterocycles. The molecule has 0 unspecified atom stereocenters. The minimum atomic E-state index is -1.00. The molecule has 1 aromatic carbocycles. The second-order valence-electron chi connectivity index (χ2n) is 3.90. The lowest BCUT2D eigenvalue weighted by molar-refractivity contribution is -0.547. The van der Waals surface area contributed by atoms with Crippen LogP contribution in [-0.2, 0) is 0 Å². The van der Waals surface area contributed by atoms with Gasteiger partial charge in [-0.3, -0.25) is 20.2 Å². The highest BCUT2D eigenvalue weighted by Crippen LogP contribution is 2.29. The van der Waals surface area contributed by atoms with E-state index in [0.717, 1.165) is 0 Å². The largest absolute Gasteiger partial charge is 0.265 e. The Morgan fingerprint density at radius 3 is 2.33 bits per heavy atom. The van der Waals surface area contributed by atoms with Crippen LogP contribution in [0.1, 0.15) is 24.8 Å². The Kier molecular flexibility index (Phi) is 5.03. The molecule has 0 radical (unpaired) electrons. The second-order valence-corrected chi connectivity index (χ2v) is 4.31. The molecule has 0 aliphatic carbocycles. The quantitative estimate of drug-likeness (QED) is 0.588. The second kappa shape index (κ2) is 6.30. The Morgan fingerprint density at radius 2 is 1.89 bits per heavy atom. The highest BCUT2D eigenvalue weighted by Gasteiger charge is 2.36. The Labute approximate surface area is 109 Å². The molecular weight excluding hydrogens is 260 g/mol. The zero-order valence-corrected chi connectivity index (χ0v) is 10.5. The fourth-order valence-corrected chi connectivity index (χ4v) is 2.22. The average Bonchev–Trinajstić information content (AvgIpc) is 2.28. The Bertz CT molecular complexity index is 452. The predicted octanol–water partition coefficient (Wildman–Crippen LogP) is 2.76. The molecule has 0 N–H and O–H groups in total. The van der Waals surface area contributed by atoms with Crippen LogP contribution in [0.25, 0.3) is 0 Å². The molecule has 0 saturated carbocycles. The van der Waals surface area contributed by atoms with Gasteiger partial charge in [0, 0.05) is 21.3 Å². The van der Waals surface area contributed by atoms with E-state index < -0.39 is 28.4 Å².